The number of nitrogens with one attached hydrogen (secondary N) is 2. The molecule has 2 N–H and O–H groups in total. The molecule has 0 unspecified atom stereocenters. The van der Waals surface area contributed by atoms with Gasteiger partial charge in [-0.05, 0) is 43.4 Å². The highest BCUT2D eigenvalue weighted by Crippen LogP contribution is 2.20. The number of rotatable bonds is 4. The molecular weight excluding hydrogens is 380 g/mol. The molecule has 0 fully saturated rings. The van der Waals surface area contributed by atoms with Gasteiger partial charge in [-0.3, -0.25) is 9.89 Å². The van der Waals surface area contributed by atoms with Crippen LogP contribution in [0.2, 0.25) is 0 Å². The molecule has 1 aromatic heterocycles. The van der Waals surface area contributed by atoms with Crippen LogP contribution in [0.1, 0.15) is 89.0 Å². The summed E-state index contributed by atoms with van der Waals surface area (Å²) in [6.45, 7) is 0. The van der Waals surface area contributed by atoms with Gasteiger partial charge in [-0.1, -0.05) is 50.7 Å². The van der Waals surface area contributed by atoms with Gasteiger partial charge in [0.25, 0.3) is 5.91 Å². The summed E-state index contributed by atoms with van der Waals surface area (Å²) >= 11 is 0. The number of hydrogen-bond acceptors (Lipinski definition) is 5. The Balaban J connectivity index is 1.63. The number of hydrogen-bond donors (Lipinski definition) is 2. The second kappa shape index (κ2) is 11.3. The maximum Gasteiger partial charge on any atom is 0.337 e. The van der Waals surface area contributed by atoms with Crippen molar-refractivity contribution in [2.75, 3.05) is 7.11 Å². The molecule has 0 spiro atoms. The van der Waals surface area contributed by atoms with Gasteiger partial charge in [0.2, 0.25) is 0 Å². The van der Waals surface area contributed by atoms with Crippen molar-refractivity contribution in [1.82, 2.24) is 15.6 Å². The van der Waals surface area contributed by atoms with Crippen LogP contribution in [0.25, 0.3) is 0 Å². The number of aromatic nitrogens is 2. The van der Waals surface area contributed by atoms with E-state index in [9.17, 15) is 9.59 Å². The lowest BCUT2D eigenvalue weighted by Crippen LogP contribution is -2.20. The average Bonchev–Trinajstić information content (AvgIpc) is 3.16. The number of amides is 1. The van der Waals surface area contributed by atoms with E-state index < -0.39 is 0 Å². The summed E-state index contributed by atoms with van der Waals surface area (Å²) in [6, 6.07) is 6.79. The van der Waals surface area contributed by atoms with Crippen molar-refractivity contribution in [3.05, 3.63) is 52.3 Å². The Kier molecular flexibility index (Phi) is 8.18. The van der Waals surface area contributed by atoms with E-state index in [2.05, 4.69) is 25.5 Å². The summed E-state index contributed by atoms with van der Waals surface area (Å²) < 4.78 is 4.68. The number of H-pyrrole nitrogens is 1. The number of esters is 1. The fourth-order valence-electron chi connectivity index (χ4n) is 3.77. The van der Waals surface area contributed by atoms with Crippen molar-refractivity contribution in [1.29, 1.82) is 0 Å². The summed E-state index contributed by atoms with van der Waals surface area (Å²) in [5.41, 5.74) is 6.37. The van der Waals surface area contributed by atoms with Crippen molar-refractivity contribution in [3.63, 3.8) is 0 Å². The first kappa shape index (κ1) is 21.7. The van der Waals surface area contributed by atoms with Gasteiger partial charge in [0.1, 0.15) is 0 Å². The molecule has 7 heteroatoms. The van der Waals surface area contributed by atoms with Crippen LogP contribution in [0.15, 0.2) is 29.4 Å². The number of ether oxygens (including phenoxy) is 1. The Labute approximate surface area is 177 Å². The fourth-order valence-corrected chi connectivity index (χ4v) is 3.77. The van der Waals surface area contributed by atoms with Crippen molar-refractivity contribution in [3.8, 4) is 0 Å². The van der Waals surface area contributed by atoms with Gasteiger partial charge in [-0.2, -0.15) is 10.2 Å². The zero-order valence-corrected chi connectivity index (χ0v) is 17.6. The highest BCUT2D eigenvalue weighted by molar-refractivity contribution is 5.95. The first-order valence-electron chi connectivity index (χ1n) is 10.8. The summed E-state index contributed by atoms with van der Waals surface area (Å²) in [4.78, 5) is 24.1. The molecule has 3 rings (SSSR count). The number of fused-ring (bicyclic) bond motifs is 1. The SMILES string of the molecule is COC(=O)c1ccc(/C=N/NC(=O)c2n[nH]c3c2CCCCCCCCCC3)cc1. The first-order chi connectivity index (χ1) is 14.7. The van der Waals surface area contributed by atoms with Crippen molar-refractivity contribution in [2.45, 2.75) is 64.2 Å². The fraction of sp³-hybridized carbons (Fsp3) is 0.478. The van der Waals surface area contributed by atoms with E-state index >= 15 is 0 Å². The second-order valence-corrected chi connectivity index (χ2v) is 7.67. The minimum Gasteiger partial charge on any atom is -0.465 e. The van der Waals surface area contributed by atoms with Crippen LogP contribution in [-0.2, 0) is 17.6 Å². The Morgan fingerprint density at radius 2 is 1.63 bits per heavy atom. The van der Waals surface area contributed by atoms with E-state index in [4.69, 9.17) is 0 Å². The van der Waals surface area contributed by atoms with E-state index in [-0.39, 0.29) is 11.9 Å². The molecule has 7 nitrogen and oxygen atoms in total. The van der Waals surface area contributed by atoms with E-state index in [1.165, 1.54) is 51.8 Å². The number of methoxy groups -OCH3 is 1. The highest BCUT2D eigenvalue weighted by atomic mass is 16.5. The van der Waals surface area contributed by atoms with Gasteiger partial charge in [-0.15, -0.1) is 0 Å². The van der Waals surface area contributed by atoms with Crippen molar-refractivity contribution >= 4 is 18.1 Å². The van der Waals surface area contributed by atoms with Crippen LogP contribution in [0.5, 0.6) is 0 Å². The van der Waals surface area contributed by atoms with Crippen LogP contribution < -0.4 is 5.43 Å². The number of hydrazone groups is 1. The second-order valence-electron chi connectivity index (χ2n) is 7.67. The highest BCUT2D eigenvalue weighted by Gasteiger charge is 2.19. The molecule has 1 heterocycles. The van der Waals surface area contributed by atoms with Gasteiger partial charge in [0.05, 0.1) is 18.9 Å². The minimum absolute atomic E-state index is 0.304. The standard InChI is InChI=1S/C23H30N4O3/c1-30-23(29)18-14-12-17(13-15-18)16-24-27-22(28)21-19-10-8-6-4-2-3-5-7-9-11-20(19)25-26-21/h12-16H,2-11H2,1H3,(H,25,26)(H,27,28)/b24-16+. The van der Waals surface area contributed by atoms with Gasteiger partial charge in [-0.25, -0.2) is 10.2 Å². The van der Waals surface area contributed by atoms with E-state index in [1.54, 1.807) is 24.3 Å². The third-order valence-electron chi connectivity index (χ3n) is 5.48. The molecule has 1 aliphatic carbocycles. The summed E-state index contributed by atoms with van der Waals surface area (Å²) in [7, 11) is 1.34. The maximum absolute atomic E-state index is 12.7. The Morgan fingerprint density at radius 3 is 2.30 bits per heavy atom. The average molecular weight is 411 g/mol. The third-order valence-corrected chi connectivity index (χ3v) is 5.48. The van der Waals surface area contributed by atoms with Crippen LogP contribution in [0.4, 0.5) is 0 Å². The quantitative estimate of drug-likeness (QED) is 0.449. The van der Waals surface area contributed by atoms with Crippen LogP contribution in [0.3, 0.4) is 0 Å². The molecule has 1 aromatic carbocycles. The molecular formula is C23H30N4O3. The summed E-state index contributed by atoms with van der Waals surface area (Å²) in [5.74, 6) is -0.693. The molecule has 2 aromatic rings. The largest absolute Gasteiger partial charge is 0.465 e. The Bertz CT molecular complexity index is 871. The molecule has 0 saturated heterocycles. The molecule has 0 bridgehead atoms. The number of carbonyl (C=O) groups is 2. The lowest BCUT2D eigenvalue weighted by atomic mass is 9.98. The lowest BCUT2D eigenvalue weighted by Gasteiger charge is -2.08. The lowest BCUT2D eigenvalue weighted by molar-refractivity contribution is 0.0600. The van der Waals surface area contributed by atoms with Crippen molar-refractivity contribution in [2.24, 2.45) is 5.10 Å². The summed E-state index contributed by atoms with van der Waals surface area (Å²) in [5, 5.41) is 11.4. The number of aryl methyl sites for hydroxylation is 1. The number of benzene rings is 1. The number of aromatic amines is 1. The normalized spacial score (nSPS) is 15.6. The van der Waals surface area contributed by atoms with E-state index in [1.807, 2.05) is 0 Å². The predicted octanol–water partition coefficient (Wildman–Crippen LogP) is 4.18. The monoisotopic (exact) mass is 410 g/mol. The minimum atomic E-state index is -0.389. The molecule has 0 atom stereocenters. The maximum atomic E-state index is 12.7. The number of nitrogens with zero attached hydrogens (tertiary/aromatic N) is 2. The molecule has 0 radical (unpaired) electrons. The Hall–Kier alpha value is -2.96. The molecule has 1 amide bonds. The molecule has 160 valence electrons. The smallest absolute Gasteiger partial charge is 0.337 e. The van der Waals surface area contributed by atoms with Gasteiger partial charge in [0, 0.05) is 11.3 Å². The van der Waals surface area contributed by atoms with Crippen LogP contribution in [0, 0.1) is 0 Å². The Morgan fingerprint density at radius 1 is 1.00 bits per heavy atom. The zero-order chi connectivity index (χ0) is 21.2. The molecule has 1 aliphatic rings. The topological polar surface area (TPSA) is 96.4 Å². The first-order valence-corrected chi connectivity index (χ1v) is 10.8. The van der Waals surface area contributed by atoms with Gasteiger partial charge in [0.15, 0.2) is 5.69 Å². The molecule has 30 heavy (non-hydrogen) atoms. The third kappa shape index (κ3) is 6.02. The molecule has 0 aliphatic heterocycles. The molecule has 0 saturated carbocycles. The van der Waals surface area contributed by atoms with Gasteiger partial charge >= 0.3 is 5.97 Å². The zero-order valence-electron chi connectivity index (χ0n) is 17.6. The van der Waals surface area contributed by atoms with Gasteiger partial charge < -0.3 is 4.74 Å². The van der Waals surface area contributed by atoms with Crippen LogP contribution in [-0.4, -0.2) is 35.4 Å². The predicted molar refractivity (Wildman–Crippen MR) is 116 cm³/mol. The van der Waals surface area contributed by atoms with Crippen molar-refractivity contribution < 1.29 is 14.3 Å². The van der Waals surface area contributed by atoms with E-state index in [0.717, 1.165) is 42.5 Å². The number of carbonyl (C=O) groups excluding carboxylic acids is 2. The van der Waals surface area contributed by atoms with Crippen LogP contribution >= 0.6 is 0 Å². The van der Waals surface area contributed by atoms with E-state index in [0.29, 0.717) is 11.3 Å². The summed E-state index contributed by atoms with van der Waals surface area (Å²) in [6.07, 6.45) is 13.1.